The second-order valence-corrected chi connectivity index (χ2v) is 5.93. The van der Waals surface area contributed by atoms with Crippen LogP contribution in [0.4, 0.5) is 0 Å². The van der Waals surface area contributed by atoms with Gasteiger partial charge in [-0.2, -0.15) is 0 Å². The second-order valence-electron chi connectivity index (χ2n) is 4.21. The molecule has 0 aliphatic rings. The summed E-state index contributed by atoms with van der Waals surface area (Å²) >= 11 is 7.23. The summed E-state index contributed by atoms with van der Waals surface area (Å²) < 4.78 is 2.05. The van der Waals surface area contributed by atoms with E-state index >= 15 is 0 Å². The monoisotopic (exact) mass is 285 g/mol. The lowest BCUT2D eigenvalue weighted by molar-refractivity contribution is -0.142. The SMILES string of the molecule is CC(C)C(C(=O)O)n1cc(-c2ccc(Cl)s2)nn1. The summed E-state index contributed by atoms with van der Waals surface area (Å²) in [5, 5.41) is 17.1. The van der Waals surface area contributed by atoms with Gasteiger partial charge in [0, 0.05) is 0 Å². The quantitative estimate of drug-likeness (QED) is 0.938. The van der Waals surface area contributed by atoms with E-state index in [0.717, 1.165) is 4.88 Å². The number of aliphatic carboxylic acids is 1. The summed E-state index contributed by atoms with van der Waals surface area (Å²) in [6, 6.07) is 2.91. The van der Waals surface area contributed by atoms with Crippen molar-refractivity contribution in [2.75, 3.05) is 0 Å². The standard InChI is InChI=1S/C11H12ClN3O2S/c1-6(2)10(11(16)17)15-5-7(13-14-15)8-3-4-9(12)18-8/h3-6,10H,1-2H3,(H,16,17). The summed E-state index contributed by atoms with van der Waals surface area (Å²) in [5.74, 6) is -0.977. The Hall–Kier alpha value is -1.40. The number of halogens is 1. The summed E-state index contributed by atoms with van der Waals surface area (Å²) in [4.78, 5) is 12.1. The summed E-state index contributed by atoms with van der Waals surface area (Å²) in [7, 11) is 0. The average Bonchev–Trinajstić information content (AvgIpc) is 2.85. The molecule has 5 nitrogen and oxygen atoms in total. The third-order valence-electron chi connectivity index (χ3n) is 2.51. The molecule has 0 bridgehead atoms. The van der Waals surface area contributed by atoms with Crippen molar-refractivity contribution in [3.05, 3.63) is 22.7 Å². The highest BCUT2D eigenvalue weighted by molar-refractivity contribution is 7.19. The van der Waals surface area contributed by atoms with Gasteiger partial charge in [-0.1, -0.05) is 30.7 Å². The van der Waals surface area contributed by atoms with Crippen LogP contribution >= 0.6 is 22.9 Å². The zero-order valence-corrected chi connectivity index (χ0v) is 11.4. The predicted octanol–water partition coefficient (Wildman–Crippen LogP) is 2.94. The van der Waals surface area contributed by atoms with Crippen LogP contribution in [0.5, 0.6) is 0 Å². The molecule has 0 radical (unpaired) electrons. The number of carbonyl (C=O) groups is 1. The van der Waals surface area contributed by atoms with E-state index in [1.165, 1.54) is 16.0 Å². The minimum Gasteiger partial charge on any atom is -0.480 e. The summed E-state index contributed by atoms with van der Waals surface area (Å²) in [6.45, 7) is 3.67. The molecule has 7 heteroatoms. The fourth-order valence-electron chi connectivity index (χ4n) is 1.68. The van der Waals surface area contributed by atoms with Crippen molar-refractivity contribution in [3.8, 4) is 10.6 Å². The molecule has 0 aliphatic carbocycles. The van der Waals surface area contributed by atoms with Gasteiger partial charge in [0.2, 0.25) is 0 Å². The number of hydrogen-bond donors (Lipinski definition) is 1. The largest absolute Gasteiger partial charge is 0.480 e. The number of aromatic nitrogens is 3. The molecule has 1 unspecified atom stereocenters. The van der Waals surface area contributed by atoms with Gasteiger partial charge in [0.05, 0.1) is 15.4 Å². The van der Waals surface area contributed by atoms with Crippen LogP contribution in [-0.2, 0) is 4.79 Å². The van der Waals surface area contributed by atoms with Gasteiger partial charge in [-0.3, -0.25) is 0 Å². The zero-order chi connectivity index (χ0) is 13.3. The molecule has 0 saturated heterocycles. The Morgan fingerprint density at radius 2 is 2.22 bits per heavy atom. The summed E-state index contributed by atoms with van der Waals surface area (Å²) in [6.07, 6.45) is 1.64. The van der Waals surface area contributed by atoms with Gasteiger partial charge in [-0.05, 0) is 18.1 Å². The molecular weight excluding hydrogens is 274 g/mol. The van der Waals surface area contributed by atoms with Crippen LogP contribution in [-0.4, -0.2) is 26.1 Å². The highest BCUT2D eigenvalue weighted by Crippen LogP contribution is 2.30. The molecule has 0 saturated carbocycles. The van der Waals surface area contributed by atoms with E-state index in [1.54, 1.807) is 12.3 Å². The highest BCUT2D eigenvalue weighted by atomic mass is 35.5. The van der Waals surface area contributed by atoms with Gasteiger partial charge in [0.15, 0.2) is 6.04 Å². The zero-order valence-electron chi connectivity index (χ0n) is 9.87. The number of hydrogen-bond acceptors (Lipinski definition) is 4. The Morgan fingerprint density at radius 3 is 2.72 bits per heavy atom. The molecule has 2 aromatic rings. The van der Waals surface area contributed by atoms with Crippen molar-refractivity contribution >= 4 is 28.9 Å². The molecule has 18 heavy (non-hydrogen) atoms. The first-order valence-electron chi connectivity index (χ1n) is 5.39. The maximum Gasteiger partial charge on any atom is 0.328 e. The first-order valence-corrected chi connectivity index (χ1v) is 6.59. The molecule has 0 spiro atoms. The van der Waals surface area contributed by atoms with E-state index in [0.29, 0.717) is 10.0 Å². The summed E-state index contributed by atoms with van der Waals surface area (Å²) in [5.41, 5.74) is 0.638. The Kier molecular flexibility index (Phi) is 3.68. The highest BCUT2D eigenvalue weighted by Gasteiger charge is 2.25. The molecule has 1 N–H and O–H groups in total. The molecule has 0 fully saturated rings. The predicted molar refractivity (Wildman–Crippen MR) is 69.9 cm³/mol. The normalized spacial score (nSPS) is 12.9. The second kappa shape index (κ2) is 5.07. The maximum atomic E-state index is 11.2. The Labute approximate surface area is 113 Å². The maximum absolute atomic E-state index is 11.2. The van der Waals surface area contributed by atoms with Crippen molar-refractivity contribution < 1.29 is 9.90 Å². The van der Waals surface area contributed by atoms with Crippen LogP contribution < -0.4 is 0 Å². The van der Waals surface area contributed by atoms with E-state index in [4.69, 9.17) is 11.6 Å². The van der Waals surface area contributed by atoms with Crippen molar-refractivity contribution in [3.63, 3.8) is 0 Å². The molecule has 0 aliphatic heterocycles. The van der Waals surface area contributed by atoms with Gasteiger partial charge < -0.3 is 5.11 Å². The van der Waals surface area contributed by atoms with Crippen molar-refractivity contribution in [1.29, 1.82) is 0 Å². The van der Waals surface area contributed by atoms with Gasteiger partial charge in [0.25, 0.3) is 0 Å². The molecule has 96 valence electrons. The minimum atomic E-state index is -0.911. The molecule has 2 rings (SSSR count). The van der Waals surface area contributed by atoms with E-state index in [-0.39, 0.29) is 5.92 Å². The Morgan fingerprint density at radius 1 is 1.50 bits per heavy atom. The fourth-order valence-corrected chi connectivity index (χ4v) is 2.67. The van der Waals surface area contributed by atoms with E-state index in [9.17, 15) is 9.90 Å². The third-order valence-corrected chi connectivity index (χ3v) is 3.76. The molecule has 1 atom stereocenters. The molecule has 0 aromatic carbocycles. The molecule has 0 amide bonds. The number of rotatable bonds is 4. The van der Waals surface area contributed by atoms with E-state index in [2.05, 4.69) is 10.3 Å². The van der Waals surface area contributed by atoms with Crippen LogP contribution in [0, 0.1) is 5.92 Å². The van der Waals surface area contributed by atoms with Crippen molar-refractivity contribution in [2.24, 2.45) is 5.92 Å². The van der Waals surface area contributed by atoms with Gasteiger partial charge in [0.1, 0.15) is 5.69 Å². The van der Waals surface area contributed by atoms with Crippen LogP contribution in [0.3, 0.4) is 0 Å². The van der Waals surface area contributed by atoms with Gasteiger partial charge in [-0.25, -0.2) is 9.48 Å². The van der Waals surface area contributed by atoms with E-state index < -0.39 is 12.0 Å². The first kappa shape index (κ1) is 13.0. The molecule has 2 heterocycles. The Bertz CT molecular complexity index is 564. The van der Waals surface area contributed by atoms with Gasteiger partial charge >= 0.3 is 5.97 Å². The Balaban J connectivity index is 2.32. The lowest BCUT2D eigenvalue weighted by atomic mass is 10.1. The van der Waals surface area contributed by atoms with E-state index in [1.807, 2.05) is 19.9 Å². The lowest BCUT2D eigenvalue weighted by Crippen LogP contribution is -2.24. The van der Waals surface area contributed by atoms with Crippen LogP contribution in [0.25, 0.3) is 10.6 Å². The van der Waals surface area contributed by atoms with Crippen LogP contribution in [0.1, 0.15) is 19.9 Å². The number of thiophene rings is 1. The smallest absolute Gasteiger partial charge is 0.328 e. The van der Waals surface area contributed by atoms with Crippen molar-refractivity contribution in [2.45, 2.75) is 19.9 Å². The number of carboxylic acids is 1. The topological polar surface area (TPSA) is 68.0 Å². The third kappa shape index (κ3) is 2.54. The van der Waals surface area contributed by atoms with Crippen LogP contribution in [0.15, 0.2) is 18.3 Å². The molecule has 2 aromatic heterocycles. The fraction of sp³-hybridized carbons (Fsp3) is 0.364. The van der Waals surface area contributed by atoms with Gasteiger partial charge in [-0.15, -0.1) is 16.4 Å². The minimum absolute atomic E-state index is 0.0658. The average molecular weight is 286 g/mol. The molecular formula is C11H12ClN3O2S. The van der Waals surface area contributed by atoms with Crippen LogP contribution in [0.2, 0.25) is 4.34 Å². The number of nitrogens with zero attached hydrogens (tertiary/aromatic N) is 3. The lowest BCUT2D eigenvalue weighted by Gasteiger charge is -2.15. The van der Waals surface area contributed by atoms with Crippen molar-refractivity contribution in [1.82, 2.24) is 15.0 Å². The first-order chi connectivity index (χ1) is 8.49. The number of carboxylic acid groups (broad SMARTS) is 1.